The maximum atomic E-state index is 5.93. The van der Waals surface area contributed by atoms with Gasteiger partial charge in [0.15, 0.2) is 3.95 Å². The largest absolute Gasteiger partial charge is 0.336 e. The number of hydrogen-bond donors (Lipinski definition) is 1. The van der Waals surface area contributed by atoms with Crippen LogP contribution in [0.5, 0.6) is 0 Å². The van der Waals surface area contributed by atoms with Crippen LogP contribution in [0.15, 0.2) is 12.1 Å². The lowest BCUT2D eigenvalue weighted by Crippen LogP contribution is -1.70. The van der Waals surface area contributed by atoms with Crippen LogP contribution in [0, 0.1) is 3.95 Å². The van der Waals surface area contributed by atoms with Gasteiger partial charge in [-0.3, -0.25) is 0 Å². The fourth-order valence-corrected chi connectivity index (χ4v) is 2.62. The molecule has 1 heterocycles. The fourth-order valence-electron chi connectivity index (χ4n) is 0.970. The number of fused-ring (bicyclic) bond motifs is 1. The summed E-state index contributed by atoms with van der Waals surface area (Å²) >= 11 is 18.3. The summed E-state index contributed by atoms with van der Waals surface area (Å²) in [5, 5.41) is 1.34. The number of aromatic amines is 1. The predicted octanol–water partition coefficient (Wildman–Crippen LogP) is 4.27. The van der Waals surface area contributed by atoms with Crippen molar-refractivity contribution >= 4 is 57.0 Å². The molecule has 0 spiro atoms. The van der Waals surface area contributed by atoms with Gasteiger partial charge in [-0.1, -0.05) is 23.2 Å². The third-order valence-corrected chi connectivity index (χ3v) is 3.49. The van der Waals surface area contributed by atoms with Crippen LogP contribution in [-0.2, 0) is 0 Å². The van der Waals surface area contributed by atoms with Gasteiger partial charge in [0.2, 0.25) is 0 Å². The van der Waals surface area contributed by atoms with Crippen LogP contribution in [0.25, 0.3) is 10.2 Å². The van der Waals surface area contributed by atoms with Crippen molar-refractivity contribution in [1.29, 1.82) is 0 Å². The van der Waals surface area contributed by atoms with Gasteiger partial charge < -0.3 is 4.98 Å². The summed E-state index contributed by atoms with van der Waals surface area (Å²) in [7, 11) is 0. The van der Waals surface area contributed by atoms with Gasteiger partial charge >= 0.3 is 0 Å². The molecule has 0 saturated heterocycles. The van der Waals surface area contributed by atoms with Crippen molar-refractivity contribution < 1.29 is 0 Å². The monoisotopic (exact) mass is 235 g/mol. The van der Waals surface area contributed by atoms with E-state index in [0.717, 1.165) is 10.2 Å². The van der Waals surface area contributed by atoms with Gasteiger partial charge in [0.25, 0.3) is 0 Å². The number of nitrogens with one attached hydrogen (secondary N) is 1. The highest BCUT2D eigenvalue weighted by atomic mass is 35.5. The minimum Gasteiger partial charge on any atom is -0.336 e. The van der Waals surface area contributed by atoms with Crippen LogP contribution in [0.2, 0.25) is 10.0 Å². The Balaban J connectivity index is 3.03. The normalized spacial score (nSPS) is 10.8. The summed E-state index contributed by atoms with van der Waals surface area (Å²) in [4.78, 5) is 2.98. The third kappa shape index (κ3) is 1.27. The topological polar surface area (TPSA) is 15.8 Å². The first kappa shape index (κ1) is 8.51. The second-order valence-electron chi connectivity index (χ2n) is 2.25. The Morgan fingerprint density at radius 3 is 2.58 bits per heavy atom. The van der Waals surface area contributed by atoms with Crippen molar-refractivity contribution in [2.75, 3.05) is 0 Å². The molecule has 2 aromatic rings. The van der Waals surface area contributed by atoms with Crippen molar-refractivity contribution in [2.24, 2.45) is 0 Å². The zero-order valence-electron chi connectivity index (χ0n) is 5.73. The van der Waals surface area contributed by atoms with E-state index in [4.69, 9.17) is 35.4 Å². The average molecular weight is 236 g/mol. The number of benzene rings is 1. The van der Waals surface area contributed by atoms with Crippen LogP contribution in [0.4, 0.5) is 0 Å². The third-order valence-electron chi connectivity index (χ3n) is 1.48. The van der Waals surface area contributed by atoms with E-state index in [2.05, 4.69) is 4.98 Å². The van der Waals surface area contributed by atoms with Crippen LogP contribution in [0.3, 0.4) is 0 Å². The Morgan fingerprint density at radius 1 is 1.25 bits per heavy atom. The second-order valence-corrected chi connectivity index (χ2v) is 4.75. The van der Waals surface area contributed by atoms with Gasteiger partial charge in [0.1, 0.15) is 0 Å². The zero-order valence-corrected chi connectivity index (χ0v) is 8.87. The van der Waals surface area contributed by atoms with E-state index in [1.807, 2.05) is 0 Å². The van der Waals surface area contributed by atoms with Crippen molar-refractivity contribution in [1.82, 2.24) is 4.98 Å². The predicted molar refractivity (Wildman–Crippen MR) is 57.0 cm³/mol. The Morgan fingerprint density at radius 2 is 1.92 bits per heavy atom. The van der Waals surface area contributed by atoms with Gasteiger partial charge in [-0.25, -0.2) is 0 Å². The number of thiazole rings is 1. The lowest BCUT2D eigenvalue weighted by atomic mass is 10.3. The minimum atomic E-state index is 0.654. The highest BCUT2D eigenvalue weighted by Crippen LogP contribution is 2.32. The fraction of sp³-hybridized carbons (Fsp3) is 0. The Hall–Kier alpha value is -0.0900. The van der Waals surface area contributed by atoms with E-state index in [9.17, 15) is 0 Å². The van der Waals surface area contributed by atoms with Crippen LogP contribution < -0.4 is 0 Å². The smallest absolute Gasteiger partial charge is 0.159 e. The molecule has 0 fully saturated rings. The lowest BCUT2D eigenvalue weighted by Gasteiger charge is -1.93. The molecule has 1 nitrogen and oxygen atoms in total. The Labute approximate surface area is 87.9 Å². The summed E-state index contributed by atoms with van der Waals surface area (Å²) in [5.74, 6) is 0. The first-order valence-electron chi connectivity index (χ1n) is 3.15. The highest BCUT2D eigenvalue weighted by Gasteiger charge is 2.05. The van der Waals surface area contributed by atoms with E-state index >= 15 is 0 Å². The molecule has 1 N–H and O–H groups in total. The number of rotatable bonds is 0. The summed E-state index contributed by atoms with van der Waals surface area (Å²) in [5.41, 5.74) is 0.833. The highest BCUT2D eigenvalue weighted by molar-refractivity contribution is 7.73. The van der Waals surface area contributed by atoms with E-state index in [1.54, 1.807) is 12.1 Å². The quantitative estimate of drug-likeness (QED) is 0.675. The maximum Gasteiger partial charge on any atom is 0.159 e. The van der Waals surface area contributed by atoms with Crippen molar-refractivity contribution in [2.45, 2.75) is 0 Å². The van der Waals surface area contributed by atoms with Gasteiger partial charge in [0, 0.05) is 0 Å². The molecule has 0 radical (unpaired) electrons. The molecule has 0 aliphatic heterocycles. The molecule has 12 heavy (non-hydrogen) atoms. The number of aromatic nitrogens is 1. The molecule has 0 amide bonds. The molecule has 5 heteroatoms. The first-order valence-corrected chi connectivity index (χ1v) is 5.13. The van der Waals surface area contributed by atoms with Crippen molar-refractivity contribution in [3.63, 3.8) is 0 Å². The Kier molecular flexibility index (Phi) is 2.12. The molecule has 1 aromatic heterocycles. The van der Waals surface area contributed by atoms with Gasteiger partial charge in [-0.15, -0.1) is 11.3 Å². The molecule has 0 bridgehead atoms. The zero-order chi connectivity index (χ0) is 8.72. The van der Waals surface area contributed by atoms with Gasteiger partial charge in [0.05, 0.1) is 20.3 Å². The molecule has 0 aliphatic rings. The molecule has 62 valence electrons. The lowest BCUT2D eigenvalue weighted by molar-refractivity contribution is 1.47. The number of H-pyrrole nitrogens is 1. The van der Waals surface area contributed by atoms with E-state index in [0.29, 0.717) is 14.0 Å². The average Bonchev–Trinajstić information content (AvgIpc) is 2.41. The SMILES string of the molecule is S=c1[nH]c2c(Cl)ccc(Cl)c2s1. The molecular weight excluding hydrogens is 233 g/mol. The molecule has 0 saturated carbocycles. The van der Waals surface area contributed by atoms with Crippen molar-refractivity contribution in [3.05, 3.63) is 26.1 Å². The van der Waals surface area contributed by atoms with Crippen LogP contribution in [-0.4, -0.2) is 4.98 Å². The minimum absolute atomic E-state index is 0.654. The summed E-state index contributed by atoms with van der Waals surface area (Å²) < 4.78 is 1.62. The summed E-state index contributed by atoms with van der Waals surface area (Å²) in [6, 6.07) is 3.52. The van der Waals surface area contributed by atoms with Crippen LogP contribution >= 0.6 is 46.8 Å². The molecule has 2 rings (SSSR count). The second kappa shape index (κ2) is 3.00. The number of hydrogen-bond acceptors (Lipinski definition) is 2. The molecule has 0 aliphatic carbocycles. The van der Waals surface area contributed by atoms with E-state index < -0.39 is 0 Å². The molecular formula is C7H3Cl2NS2. The van der Waals surface area contributed by atoms with Gasteiger partial charge in [-0.2, -0.15) is 0 Å². The summed E-state index contributed by atoms with van der Waals surface area (Å²) in [6.45, 7) is 0. The molecule has 0 atom stereocenters. The first-order chi connectivity index (χ1) is 5.68. The molecule has 0 unspecified atom stereocenters. The Bertz CT molecular complexity index is 444. The van der Waals surface area contributed by atoms with Crippen molar-refractivity contribution in [3.8, 4) is 0 Å². The number of halogens is 2. The summed E-state index contributed by atoms with van der Waals surface area (Å²) in [6.07, 6.45) is 0. The molecule has 1 aromatic carbocycles. The van der Waals surface area contributed by atoms with Crippen LogP contribution in [0.1, 0.15) is 0 Å². The standard InChI is InChI=1S/C7H3Cl2NS2/c8-3-1-2-4(9)6-5(3)10-7(11)12-6/h1-2H,(H,10,11). The van der Waals surface area contributed by atoms with Gasteiger partial charge in [-0.05, 0) is 24.4 Å². The van der Waals surface area contributed by atoms with E-state index in [1.165, 1.54) is 11.3 Å². The maximum absolute atomic E-state index is 5.93. The van der Waals surface area contributed by atoms with E-state index in [-0.39, 0.29) is 0 Å².